The quantitative estimate of drug-likeness (QED) is 0.539. The summed E-state index contributed by atoms with van der Waals surface area (Å²) in [4.78, 5) is -2.28. The Morgan fingerprint density at radius 2 is 1.33 bits per heavy atom. The number of alkyl halides is 6. The van der Waals surface area contributed by atoms with Crippen LogP contribution in [0.2, 0.25) is 0 Å². The van der Waals surface area contributed by atoms with Gasteiger partial charge in [-0.1, -0.05) is 24.8 Å². The van der Waals surface area contributed by atoms with Gasteiger partial charge in [0.15, 0.2) is 0 Å². The largest absolute Gasteiger partial charge is 0.457 e. The summed E-state index contributed by atoms with van der Waals surface area (Å²) in [6.07, 6.45) is -9.55. The number of rotatable bonds is 4. The van der Waals surface area contributed by atoms with E-state index >= 15 is 0 Å². The smallest absolute Gasteiger partial charge is 0.417 e. The lowest BCUT2D eigenvalue weighted by atomic mass is 10.1. The molecule has 27 heavy (non-hydrogen) atoms. The van der Waals surface area contributed by atoms with Crippen LogP contribution in [-0.2, 0) is 22.5 Å². The fraction of sp³-hybridized carbons (Fsp3) is 0.125. The van der Waals surface area contributed by atoms with Gasteiger partial charge in [0.2, 0.25) is 0 Å². The zero-order valence-electron chi connectivity index (χ0n) is 13.1. The summed E-state index contributed by atoms with van der Waals surface area (Å²) in [5, 5.41) is 0. The maximum atomic E-state index is 13.2. The molecule has 0 bridgehead atoms. The van der Waals surface area contributed by atoms with Gasteiger partial charge < -0.3 is 4.74 Å². The van der Waals surface area contributed by atoms with Crippen molar-refractivity contribution in [3.8, 4) is 11.5 Å². The highest BCUT2D eigenvalue weighted by Crippen LogP contribution is 2.44. The summed E-state index contributed by atoms with van der Waals surface area (Å²) in [5.41, 5.74) is -3.77. The third kappa shape index (κ3) is 4.80. The lowest BCUT2D eigenvalue weighted by Gasteiger charge is -2.18. The van der Waals surface area contributed by atoms with E-state index in [2.05, 4.69) is 6.58 Å². The molecule has 0 radical (unpaired) electrons. The van der Waals surface area contributed by atoms with Crippen molar-refractivity contribution in [2.45, 2.75) is 17.2 Å². The molecule has 0 amide bonds. The average molecular weight is 412 g/mol. The zero-order valence-corrected chi connectivity index (χ0v) is 13.9. The van der Waals surface area contributed by atoms with Crippen LogP contribution in [0.1, 0.15) is 16.7 Å². The minimum atomic E-state index is -5.84. The topological polar surface area (TPSA) is 63.6 Å². The normalized spacial score (nSPS) is 12.7. The maximum absolute atomic E-state index is 13.2. The Morgan fingerprint density at radius 3 is 1.67 bits per heavy atom. The molecule has 0 saturated carbocycles. The molecule has 2 aromatic rings. The predicted octanol–water partition coefficient (Wildman–Crippen LogP) is 5.41. The van der Waals surface area contributed by atoms with E-state index in [0.717, 1.165) is 0 Å². The van der Waals surface area contributed by atoms with Crippen molar-refractivity contribution in [2.75, 3.05) is 0 Å². The standard InChI is InChI=1S/C16H10F6O4S/c1-2-9-3-5-10(6-4-9)26-11-7-12(15(17,18)19)14(27(23,24)25)13(8-11)16(20,21)22/h2-8H,1H2,(H,23,24,25). The number of ether oxygens (including phenoxy) is 1. The molecule has 146 valence electrons. The second kappa shape index (κ2) is 6.89. The average Bonchev–Trinajstić information content (AvgIpc) is 2.52. The van der Waals surface area contributed by atoms with Gasteiger partial charge in [0.25, 0.3) is 10.1 Å². The molecule has 0 aliphatic carbocycles. The van der Waals surface area contributed by atoms with Gasteiger partial charge in [-0.05, 0) is 29.8 Å². The number of benzene rings is 2. The molecule has 2 rings (SSSR count). The Morgan fingerprint density at radius 1 is 0.889 bits per heavy atom. The van der Waals surface area contributed by atoms with Crippen molar-refractivity contribution in [1.82, 2.24) is 0 Å². The molecule has 4 nitrogen and oxygen atoms in total. The van der Waals surface area contributed by atoms with Crippen molar-refractivity contribution in [2.24, 2.45) is 0 Å². The van der Waals surface area contributed by atoms with Gasteiger partial charge in [-0.2, -0.15) is 34.8 Å². The summed E-state index contributed by atoms with van der Waals surface area (Å²) in [6.45, 7) is 3.48. The van der Waals surface area contributed by atoms with E-state index in [1.54, 1.807) is 0 Å². The highest BCUT2D eigenvalue weighted by molar-refractivity contribution is 7.86. The van der Waals surface area contributed by atoms with E-state index in [4.69, 9.17) is 9.29 Å². The molecule has 0 aliphatic heterocycles. The molecular formula is C16H10F6O4S. The fourth-order valence-corrected chi connectivity index (χ4v) is 3.07. The molecule has 0 spiro atoms. The van der Waals surface area contributed by atoms with Crippen molar-refractivity contribution < 1.29 is 44.0 Å². The van der Waals surface area contributed by atoms with E-state index in [9.17, 15) is 34.8 Å². The summed E-state index contributed by atoms with van der Waals surface area (Å²) in [6, 6.07) is 5.58. The van der Waals surface area contributed by atoms with Crippen LogP contribution < -0.4 is 4.74 Å². The summed E-state index contributed by atoms with van der Waals surface area (Å²) >= 11 is 0. The lowest BCUT2D eigenvalue weighted by Crippen LogP contribution is -2.20. The second-order valence-electron chi connectivity index (χ2n) is 5.19. The Labute approximate surface area is 149 Å². The van der Waals surface area contributed by atoms with Gasteiger partial charge in [-0.25, -0.2) is 0 Å². The maximum Gasteiger partial charge on any atom is 0.417 e. The van der Waals surface area contributed by atoms with Crippen molar-refractivity contribution in [3.63, 3.8) is 0 Å². The Balaban J connectivity index is 2.71. The molecule has 0 heterocycles. The van der Waals surface area contributed by atoms with Gasteiger partial charge >= 0.3 is 12.4 Å². The Hall–Kier alpha value is -2.53. The Bertz CT molecular complexity index is 925. The first-order valence-corrected chi connectivity index (χ1v) is 8.38. The third-order valence-electron chi connectivity index (χ3n) is 3.28. The van der Waals surface area contributed by atoms with E-state index in [0.29, 0.717) is 5.56 Å². The highest BCUT2D eigenvalue weighted by Gasteiger charge is 2.45. The first-order valence-electron chi connectivity index (χ1n) is 6.94. The fourth-order valence-electron chi connectivity index (χ4n) is 2.17. The molecule has 0 aliphatic rings. The molecule has 0 fully saturated rings. The second-order valence-corrected chi connectivity index (χ2v) is 6.55. The molecule has 0 aromatic heterocycles. The lowest BCUT2D eigenvalue weighted by molar-refractivity contribution is -0.147. The van der Waals surface area contributed by atoms with Gasteiger partial charge in [-0.15, -0.1) is 0 Å². The van der Waals surface area contributed by atoms with Crippen LogP contribution in [0.4, 0.5) is 26.3 Å². The van der Waals surface area contributed by atoms with Crippen LogP contribution in [0.5, 0.6) is 11.5 Å². The molecule has 1 N–H and O–H groups in total. The van der Waals surface area contributed by atoms with Gasteiger partial charge in [0, 0.05) is 0 Å². The van der Waals surface area contributed by atoms with E-state index < -0.39 is 44.2 Å². The van der Waals surface area contributed by atoms with Crippen molar-refractivity contribution in [3.05, 3.63) is 59.7 Å². The van der Waals surface area contributed by atoms with E-state index in [1.165, 1.54) is 30.3 Å². The Kier molecular flexibility index (Phi) is 5.30. The van der Waals surface area contributed by atoms with Crippen LogP contribution >= 0.6 is 0 Å². The molecule has 0 unspecified atom stereocenters. The zero-order chi connectivity index (χ0) is 20.6. The van der Waals surface area contributed by atoms with Crippen LogP contribution in [0.3, 0.4) is 0 Å². The summed E-state index contributed by atoms with van der Waals surface area (Å²) in [7, 11) is -5.84. The van der Waals surface area contributed by atoms with Gasteiger partial charge in [0.1, 0.15) is 16.4 Å². The van der Waals surface area contributed by atoms with Crippen LogP contribution in [0.25, 0.3) is 6.08 Å². The number of hydrogen-bond donors (Lipinski definition) is 1. The monoisotopic (exact) mass is 412 g/mol. The number of halogens is 6. The summed E-state index contributed by atoms with van der Waals surface area (Å²) in [5.74, 6) is -1.00. The minimum Gasteiger partial charge on any atom is -0.457 e. The first-order chi connectivity index (χ1) is 12.2. The molecule has 2 aromatic carbocycles. The van der Waals surface area contributed by atoms with Crippen molar-refractivity contribution in [1.29, 1.82) is 0 Å². The first kappa shape index (κ1) is 20.8. The highest BCUT2D eigenvalue weighted by atomic mass is 32.2. The SMILES string of the molecule is C=Cc1ccc(Oc2cc(C(F)(F)F)c(S(=O)(=O)O)c(C(F)(F)F)c2)cc1. The molecule has 0 saturated heterocycles. The molecular weight excluding hydrogens is 402 g/mol. The molecule has 11 heteroatoms. The predicted molar refractivity (Wildman–Crippen MR) is 82.9 cm³/mol. The van der Waals surface area contributed by atoms with Crippen LogP contribution in [0, 0.1) is 0 Å². The third-order valence-corrected chi connectivity index (χ3v) is 4.24. The van der Waals surface area contributed by atoms with E-state index in [-0.39, 0.29) is 17.9 Å². The van der Waals surface area contributed by atoms with Gasteiger partial charge in [0.05, 0.1) is 11.1 Å². The van der Waals surface area contributed by atoms with Crippen LogP contribution in [0.15, 0.2) is 47.9 Å². The van der Waals surface area contributed by atoms with Crippen LogP contribution in [-0.4, -0.2) is 13.0 Å². The van der Waals surface area contributed by atoms with E-state index in [1.807, 2.05) is 0 Å². The number of hydrogen-bond acceptors (Lipinski definition) is 3. The summed E-state index contributed by atoms with van der Waals surface area (Å²) < 4.78 is 115. The van der Waals surface area contributed by atoms with Gasteiger partial charge in [-0.3, -0.25) is 4.55 Å². The minimum absolute atomic E-state index is 0.0692. The van der Waals surface area contributed by atoms with Crippen molar-refractivity contribution >= 4 is 16.2 Å². The molecule has 0 atom stereocenters.